The molecule has 1 saturated heterocycles. The van der Waals surface area contributed by atoms with Crippen LogP contribution in [0.3, 0.4) is 0 Å². The van der Waals surface area contributed by atoms with E-state index in [1.54, 1.807) is 0 Å². The molecule has 5 heteroatoms. The van der Waals surface area contributed by atoms with Crippen LogP contribution in [-0.2, 0) is 0 Å². The second-order valence-corrected chi connectivity index (χ2v) is 5.32. The molecule has 1 atom stereocenters. The van der Waals surface area contributed by atoms with Gasteiger partial charge in [0.2, 0.25) is 0 Å². The van der Waals surface area contributed by atoms with Crippen molar-refractivity contribution in [2.45, 2.75) is 46.6 Å². The summed E-state index contributed by atoms with van der Waals surface area (Å²) in [5.41, 5.74) is 0. The molecule has 0 radical (unpaired) electrons. The molecule has 0 aliphatic carbocycles. The number of nitrogens with one attached hydrogen (secondary N) is 2. The molecule has 1 aliphatic rings. The maximum Gasteiger partial charge on any atom is 0.191 e. The summed E-state index contributed by atoms with van der Waals surface area (Å²) < 4.78 is 0. The summed E-state index contributed by atoms with van der Waals surface area (Å²) in [6, 6.07) is 0.546. The zero-order valence-corrected chi connectivity index (χ0v) is 15.2. The molecule has 19 heavy (non-hydrogen) atoms. The van der Waals surface area contributed by atoms with Crippen LogP contribution in [0.15, 0.2) is 4.99 Å². The largest absolute Gasteiger partial charge is 0.357 e. The Labute approximate surface area is 135 Å². The Kier molecular flexibility index (Phi) is 10.7. The van der Waals surface area contributed by atoms with Crippen LogP contribution < -0.4 is 10.6 Å². The van der Waals surface area contributed by atoms with Crippen LogP contribution in [0.2, 0.25) is 0 Å². The predicted octanol–water partition coefficient (Wildman–Crippen LogP) is 2.30. The summed E-state index contributed by atoms with van der Waals surface area (Å²) in [6.07, 6.45) is 2.67. The average molecular weight is 382 g/mol. The van der Waals surface area contributed by atoms with Crippen molar-refractivity contribution in [2.75, 3.05) is 32.7 Å². The number of guanidine groups is 1. The van der Waals surface area contributed by atoms with Gasteiger partial charge in [-0.3, -0.25) is 9.89 Å². The normalized spacial score (nSPS) is 18.3. The quantitative estimate of drug-likeness (QED) is 0.436. The summed E-state index contributed by atoms with van der Waals surface area (Å²) in [7, 11) is 0. The predicted molar refractivity (Wildman–Crippen MR) is 94.5 cm³/mol. The average Bonchev–Trinajstić information content (AvgIpc) is 2.37. The van der Waals surface area contributed by atoms with Gasteiger partial charge in [0.1, 0.15) is 0 Å². The molecule has 0 saturated carbocycles. The smallest absolute Gasteiger partial charge is 0.191 e. The Morgan fingerprint density at radius 2 is 1.74 bits per heavy atom. The van der Waals surface area contributed by atoms with Crippen molar-refractivity contribution in [1.29, 1.82) is 0 Å². The van der Waals surface area contributed by atoms with E-state index in [9.17, 15) is 0 Å². The first-order chi connectivity index (χ1) is 8.67. The minimum absolute atomic E-state index is 0. The van der Waals surface area contributed by atoms with Crippen molar-refractivity contribution in [3.8, 4) is 0 Å². The fourth-order valence-electron chi connectivity index (χ4n) is 2.32. The first kappa shape index (κ1) is 19.0. The van der Waals surface area contributed by atoms with Crippen molar-refractivity contribution in [2.24, 2.45) is 10.9 Å². The highest BCUT2D eigenvalue weighted by molar-refractivity contribution is 14.0. The molecule has 2 N–H and O–H groups in total. The minimum atomic E-state index is 0. The van der Waals surface area contributed by atoms with Crippen LogP contribution in [0.1, 0.15) is 40.5 Å². The zero-order valence-electron chi connectivity index (χ0n) is 12.9. The van der Waals surface area contributed by atoms with E-state index in [2.05, 4.69) is 48.2 Å². The van der Waals surface area contributed by atoms with E-state index < -0.39 is 0 Å². The lowest BCUT2D eigenvalue weighted by Gasteiger charge is -2.34. The van der Waals surface area contributed by atoms with Gasteiger partial charge in [0.05, 0.1) is 6.54 Å². The van der Waals surface area contributed by atoms with Gasteiger partial charge in [-0.05, 0) is 52.6 Å². The van der Waals surface area contributed by atoms with Crippen LogP contribution in [0.4, 0.5) is 0 Å². The van der Waals surface area contributed by atoms with Crippen LogP contribution in [0.25, 0.3) is 0 Å². The molecule has 0 aromatic heterocycles. The van der Waals surface area contributed by atoms with E-state index in [1.807, 2.05) is 0 Å². The third-order valence-electron chi connectivity index (χ3n) is 3.64. The highest BCUT2D eigenvalue weighted by Crippen LogP contribution is 2.17. The van der Waals surface area contributed by atoms with Gasteiger partial charge >= 0.3 is 0 Å². The molecule has 0 aromatic carbocycles. The molecular weight excluding hydrogens is 351 g/mol. The number of rotatable bonds is 5. The van der Waals surface area contributed by atoms with Crippen LogP contribution in [-0.4, -0.2) is 49.6 Å². The second kappa shape index (κ2) is 10.7. The van der Waals surface area contributed by atoms with E-state index in [1.165, 1.54) is 25.9 Å². The molecule has 0 spiro atoms. The van der Waals surface area contributed by atoms with Gasteiger partial charge in [0.15, 0.2) is 5.96 Å². The van der Waals surface area contributed by atoms with Crippen molar-refractivity contribution in [1.82, 2.24) is 15.5 Å². The number of hydrogen-bond acceptors (Lipinski definition) is 2. The van der Waals surface area contributed by atoms with Crippen molar-refractivity contribution < 1.29 is 0 Å². The van der Waals surface area contributed by atoms with Gasteiger partial charge < -0.3 is 10.6 Å². The number of likely N-dealkylation sites (tertiary alicyclic amines) is 1. The molecular formula is C14H31IN4. The Balaban J connectivity index is 0.00000324. The second-order valence-electron chi connectivity index (χ2n) is 5.32. The lowest BCUT2D eigenvalue weighted by atomic mass is 9.98. The molecule has 1 rings (SSSR count). The maximum atomic E-state index is 4.65. The monoisotopic (exact) mass is 382 g/mol. The molecule has 1 heterocycles. The van der Waals surface area contributed by atoms with Crippen molar-refractivity contribution in [3.05, 3.63) is 0 Å². The van der Waals surface area contributed by atoms with E-state index >= 15 is 0 Å². The third-order valence-corrected chi connectivity index (χ3v) is 3.64. The molecule has 114 valence electrons. The first-order valence-corrected chi connectivity index (χ1v) is 7.43. The highest BCUT2D eigenvalue weighted by Gasteiger charge is 2.19. The van der Waals surface area contributed by atoms with Gasteiger partial charge in [-0.25, -0.2) is 0 Å². The topological polar surface area (TPSA) is 39.7 Å². The van der Waals surface area contributed by atoms with Gasteiger partial charge in [-0.1, -0.05) is 6.92 Å². The molecule has 1 fully saturated rings. The number of hydrogen-bond donors (Lipinski definition) is 2. The molecule has 4 nitrogen and oxygen atoms in total. The number of aliphatic imine (C=N–C) groups is 1. The fraction of sp³-hybridized carbons (Fsp3) is 0.929. The number of halogens is 1. The third kappa shape index (κ3) is 7.34. The summed E-state index contributed by atoms with van der Waals surface area (Å²) >= 11 is 0. The number of piperidine rings is 1. The van der Waals surface area contributed by atoms with E-state index in [-0.39, 0.29) is 24.0 Å². The van der Waals surface area contributed by atoms with Gasteiger partial charge in [0, 0.05) is 19.1 Å². The fourth-order valence-corrected chi connectivity index (χ4v) is 2.32. The Morgan fingerprint density at radius 1 is 1.21 bits per heavy atom. The standard InChI is InChI=1S/C14H30N4.HI/c1-5-15-14(16-6-2)17-11-13(4)18-9-7-12(3)8-10-18;/h12-13H,5-11H2,1-4H3,(H2,15,16,17);1H. The first-order valence-electron chi connectivity index (χ1n) is 7.43. The SMILES string of the molecule is CCNC(=NCC(C)N1CCC(C)CC1)NCC.I. The molecule has 0 amide bonds. The van der Waals surface area contributed by atoms with E-state index in [0.29, 0.717) is 6.04 Å². The van der Waals surface area contributed by atoms with Crippen LogP contribution >= 0.6 is 24.0 Å². The number of nitrogens with zero attached hydrogens (tertiary/aromatic N) is 2. The molecule has 1 unspecified atom stereocenters. The Morgan fingerprint density at radius 3 is 2.21 bits per heavy atom. The van der Waals surface area contributed by atoms with Gasteiger partial charge in [0.25, 0.3) is 0 Å². The molecule has 1 aliphatic heterocycles. The van der Waals surface area contributed by atoms with Crippen LogP contribution in [0, 0.1) is 5.92 Å². The highest BCUT2D eigenvalue weighted by atomic mass is 127. The lowest BCUT2D eigenvalue weighted by Crippen LogP contribution is -2.42. The van der Waals surface area contributed by atoms with E-state index in [0.717, 1.165) is 31.5 Å². The van der Waals surface area contributed by atoms with Gasteiger partial charge in [-0.2, -0.15) is 0 Å². The molecule has 0 bridgehead atoms. The van der Waals surface area contributed by atoms with Crippen molar-refractivity contribution in [3.63, 3.8) is 0 Å². The van der Waals surface area contributed by atoms with E-state index in [4.69, 9.17) is 0 Å². The molecule has 0 aromatic rings. The minimum Gasteiger partial charge on any atom is -0.357 e. The summed E-state index contributed by atoms with van der Waals surface area (Å²) in [5, 5.41) is 6.54. The van der Waals surface area contributed by atoms with Crippen molar-refractivity contribution >= 4 is 29.9 Å². The summed E-state index contributed by atoms with van der Waals surface area (Å²) in [6.45, 7) is 14.0. The summed E-state index contributed by atoms with van der Waals surface area (Å²) in [4.78, 5) is 7.22. The van der Waals surface area contributed by atoms with Crippen LogP contribution in [0.5, 0.6) is 0 Å². The summed E-state index contributed by atoms with van der Waals surface area (Å²) in [5.74, 6) is 1.84. The Hall–Kier alpha value is -0.0400. The lowest BCUT2D eigenvalue weighted by molar-refractivity contribution is 0.150. The zero-order chi connectivity index (χ0) is 13.4. The maximum absolute atomic E-state index is 4.65. The van der Waals surface area contributed by atoms with Gasteiger partial charge in [-0.15, -0.1) is 24.0 Å². The Bertz CT molecular complexity index is 242.